The topological polar surface area (TPSA) is 71.8 Å². The average molecular weight is 271 g/mol. The molecule has 0 saturated carbocycles. The number of hydrogen-bond acceptors (Lipinski definition) is 4. The zero-order valence-electron chi connectivity index (χ0n) is 11.3. The Morgan fingerprint density at radius 3 is 3.00 bits per heavy atom. The molecular weight excluding hydrogens is 254 g/mol. The van der Waals surface area contributed by atoms with E-state index in [0.717, 1.165) is 24.3 Å². The number of aromatic nitrogens is 3. The summed E-state index contributed by atoms with van der Waals surface area (Å²) in [6.07, 6.45) is 4.39. The van der Waals surface area contributed by atoms with Crippen LogP contribution in [0.4, 0.5) is 5.69 Å². The van der Waals surface area contributed by atoms with E-state index in [1.165, 1.54) is 0 Å². The zero-order chi connectivity index (χ0) is 13.9. The number of carbonyl (C=O) groups excluding carboxylic acids is 1. The number of hydrogen-bond donors (Lipinski definition) is 2. The van der Waals surface area contributed by atoms with Crippen LogP contribution in [0.5, 0.6) is 0 Å². The van der Waals surface area contributed by atoms with Gasteiger partial charge in [0.05, 0.1) is 29.8 Å². The molecule has 1 aromatic carbocycles. The van der Waals surface area contributed by atoms with Crippen molar-refractivity contribution in [3.63, 3.8) is 0 Å². The van der Waals surface area contributed by atoms with Gasteiger partial charge < -0.3 is 10.6 Å². The van der Waals surface area contributed by atoms with Crippen LogP contribution in [0.1, 0.15) is 13.3 Å². The molecule has 20 heavy (non-hydrogen) atoms. The fourth-order valence-corrected chi connectivity index (χ4v) is 2.51. The molecule has 1 aromatic heterocycles. The summed E-state index contributed by atoms with van der Waals surface area (Å²) >= 11 is 0. The predicted molar refractivity (Wildman–Crippen MR) is 75.6 cm³/mol. The van der Waals surface area contributed by atoms with Crippen molar-refractivity contribution in [1.82, 2.24) is 20.3 Å². The number of amides is 1. The van der Waals surface area contributed by atoms with E-state index < -0.39 is 0 Å². The normalized spacial score (nSPS) is 21.9. The molecule has 2 aromatic rings. The second-order valence-electron chi connectivity index (χ2n) is 5.05. The van der Waals surface area contributed by atoms with Gasteiger partial charge in [-0.15, -0.1) is 5.10 Å². The number of rotatable bonds is 3. The third-order valence-corrected chi connectivity index (χ3v) is 3.65. The summed E-state index contributed by atoms with van der Waals surface area (Å²) in [5.74, 6) is 0.357. The lowest BCUT2D eigenvalue weighted by Gasteiger charge is -2.17. The first kappa shape index (κ1) is 12.8. The quantitative estimate of drug-likeness (QED) is 0.880. The number of benzene rings is 1. The fraction of sp³-hybridized carbons (Fsp3) is 0.357. The van der Waals surface area contributed by atoms with E-state index in [9.17, 15) is 4.79 Å². The molecule has 2 heterocycles. The smallest absolute Gasteiger partial charge is 0.241 e. The molecule has 0 spiro atoms. The van der Waals surface area contributed by atoms with E-state index in [0.29, 0.717) is 5.92 Å². The lowest BCUT2D eigenvalue weighted by molar-refractivity contribution is -0.118. The summed E-state index contributed by atoms with van der Waals surface area (Å²) in [5.41, 5.74) is 1.55. The number of anilines is 1. The molecule has 0 aliphatic carbocycles. The number of nitrogens with one attached hydrogen (secondary N) is 2. The molecule has 1 aliphatic heterocycles. The molecule has 1 fully saturated rings. The number of carbonyl (C=O) groups is 1. The summed E-state index contributed by atoms with van der Waals surface area (Å²) in [6.45, 7) is 2.98. The largest absolute Gasteiger partial charge is 0.323 e. The van der Waals surface area contributed by atoms with Crippen molar-refractivity contribution in [3.8, 4) is 5.69 Å². The van der Waals surface area contributed by atoms with Gasteiger partial charge in [-0.1, -0.05) is 24.3 Å². The van der Waals surface area contributed by atoms with E-state index in [4.69, 9.17) is 0 Å². The summed E-state index contributed by atoms with van der Waals surface area (Å²) in [4.78, 5) is 12.3. The first-order chi connectivity index (χ1) is 9.75. The van der Waals surface area contributed by atoms with E-state index in [-0.39, 0.29) is 11.9 Å². The van der Waals surface area contributed by atoms with Crippen molar-refractivity contribution in [1.29, 1.82) is 0 Å². The van der Waals surface area contributed by atoms with Crippen LogP contribution in [-0.4, -0.2) is 33.5 Å². The van der Waals surface area contributed by atoms with Gasteiger partial charge in [-0.05, 0) is 31.0 Å². The SMILES string of the molecule is CC1CCNC1C(=O)Nc1ccccc1-n1ccnn1. The Morgan fingerprint density at radius 2 is 2.30 bits per heavy atom. The molecule has 2 atom stereocenters. The lowest BCUT2D eigenvalue weighted by Crippen LogP contribution is -2.39. The Kier molecular flexibility index (Phi) is 3.47. The third-order valence-electron chi connectivity index (χ3n) is 3.65. The van der Waals surface area contributed by atoms with Crippen LogP contribution < -0.4 is 10.6 Å². The predicted octanol–water partition coefficient (Wildman–Crippen LogP) is 1.20. The van der Waals surface area contributed by atoms with Crippen molar-refractivity contribution >= 4 is 11.6 Å². The van der Waals surface area contributed by atoms with Crippen LogP contribution in [-0.2, 0) is 4.79 Å². The Hall–Kier alpha value is -2.21. The van der Waals surface area contributed by atoms with Crippen LogP contribution in [0.3, 0.4) is 0 Å². The average Bonchev–Trinajstić information content (AvgIpc) is 3.10. The highest BCUT2D eigenvalue weighted by Crippen LogP contribution is 2.21. The van der Waals surface area contributed by atoms with Gasteiger partial charge in [-0.25, -0.2) is 4.68 Å². The van der Waals surface area contributed by atoms with Crippen LogP contribution >= 0.6 is 0 Å². The standard InChI is InChI=1S/C14H17N5O/c1-10-6-7-15-13(10)14(20)17-11-4-2-3-5-12(11)19-9-8-16-18-19/h2-5,8-10,13,15H,6-7H2,1H3,(H,17,20). The molecule has 0 bridgehead atoms. The summed E-state index contributed by atoms with van der Waals surface area (Å²) in [5, 5.41) is 14.0. The van der Waals surface area contributed by atoms with Crippen molar-refractivity contribution < 1.29 is 4.79 Å². The fourth-order valence-electron chi connectivity index (χ4n) is 2.51. The highest BCUT2D eigenvalue weighted by molar-refractivity contribution is 5.96. The highest BCUT2D eigenvalue weighted by Gasteiger charge is 2.29. The first-order valence-electron chi connectivity index (χ1n) is 6.75. The molecule has 2 N–H and O–H groups in total. The van der Waals surface area contributed by atoms with E-state index in [1.54, 1.807) is 17.1 Å². The number of para-hydroxylation sites is 2. The Morgan fingerprint density at radius 1 is 1.45 bits per heavy atom. The maximum Gasteiger partial charge on any atom is 0.241 e. The van der Waals surface area contributed by atoms with E-state index >= 15 is 0 Å². The zero-order valence-corrected chi connectivity index (χ0v) is 11.3. The molecule has 6 nitrogen and oxygen atoms in total. The van der Waals surface area contributed by atoms with Gasteiger partial charge in [0.1, 0.15) is 0 Å². The van der Waals surface area contributed by atoms with Gasteiger partial charge in [-0.3, -0.25) is 4.79 Å². The van der Waals surface area contributed by atoms with Gasteiger partial charge in [-0.2, -0.15) is 0 Å². The maximum absolute atomic E-state index is 12.3. The molecule has 104 valence electrons. The minimum Gasteiger partial charge on any atom is -0.323 e. The van der Waals surface area contributed by atoms with Crippen LogP contribution in [0.2, 0.25) is 0 Å². The van der Waals surface area contributed by atoms with Crippen molar-refractivity contribution in [2.45, 2.75) is 19.4 Å². The molecule has 3 rings (SSSR count). The molecule has 0 radical (unpaired) electrons. The lowest BCUT2D eigenvalue weighted by atomic mass is 10.0. The minimum absolute atomic E-state index is 0.00238. The number of nitrogens with zero attached hydrogens (tertiary/aromatic N) is 3. The van der Waals surface area contributed by atoms with Gasteiger partial charge in [0.25, 0.3) is 0 Å². The molecule has 6 heteroatoms. The van der Waals surface area contributed by atoms with E-state index in [1.807, 2.05) is 24.3 Å². The first-order valence-corrected chi connectivity index (χ1v) is 6.75. The second-order valence-corrected chi connectivity index (χ2v) is 5.05. The van der Waals surface area contributed by atoms with Crippen molar-refractivity contribution in [2.75, 3.05) is 11.9 Å². The van der Waals surface area contributed by atoms with Crippen LogP contribution in [0.25, 0.3) is 5.69 Å². The van der Waals surface area contributed by atoms with Gasteiger partial charge in [0.2, 0.25) is 5.91 Å². The molecule has 2 unspecified atom stereocenters. The summed E-state index contributed by atoms with van der Waals surface area (Å²) < 4.78 is 1.64. The van der Waals surface area contributed by atoms with E-state index in [2.05, 4.69) is 27.9 Å². The van der Waals surface area contributed by atoms with Gasteiger partial charge >= 0.3 is 0 Å². The molecule has 1 amide bonds. The minimum atomic E-state index is -0.126. The van der Waals surface area contributed by atoms with Crippen molar-refractivity contribution in [2.24, 2.45) is 5.92 Å². The maximum atomic E-state index is 12.3. The second kappa shape index (κ2) is 5.42. The Balaban J connectivity index is 1.83. The van der Waals surface area contributed by atoms with Gasteiger partial charge in [0, 0.05) is 0 Å². The third kappa shape index (κ3) is 2.42. The Bertz CT molecular complexity index is 595. The summed E-state index contributed by atoms with van der Waals surface area (Å²) in [6, 6.07) is 7.44. The van der Waals surface area contributed by atoms with Gasteiger partial charge in [0.15, 0.2) is 0 Å². The summed E-state index contributed by atoms with van der Waals surface area (Å²) in [7, 11) is 0. The van der Waals surface area contributed by atoms with Crippen molar-refractivity contribution in [3.05, 3.63) is 36.7 Å². The van der Waals surface area contributed by atoms with Crippen LogP contribution in [0.15, 0.2) is 36.7 Å². The monoisotopic (exact) mass is 271 g/mol. The molecular formula is C14H17N5O. The Labute approximate surface area is 117 Å². The molecule has 1 aliphatic rings. The molecule has 1 saturated heterocycles. The van der Waals surface area contributed by atoms with Crippen LogP contribution in [0, 0.1) is 5.92 Å². The highest BCUT2D eigenvalue weighted by atomic mass is 16.2.